The average Bonchev–Trinajstić information content (AvgIpc) is 2.38. The molecule has 0 bridgehead atoms. The number of alkyl halides is 3. The Hall–Kier alpha value is -1.63. The normalized spacial score (nSPS) is 19.1. The standard InChI is InChI=1S/C12H12F3NO3/c13-12(14,15)9-8(2-1-5-16-9)11(10(17)18)3-6-19-7-4-11/h1-2,5H,3-4,6-7H2,(H,17,18). The van der Waals surface area contributed by atoms with Gasteiger partial charge in [-0.25, -0.2) is 0 Å². The lowest BCUT2D eigenvalue weighted by Crippen LogP contribution is -2.43. The second-order valence-electron chi connectivity index (χ2n) is 4.40. The van der Waals surface area contributed by atoms with Crippen LogP contribution in [0.25, 0.3) is 0 Å². The van der Waals surface area contributed by atoms with E-state index in [1.807, 2.05) is 0 Å². The van der Waals surface area contributed by atoms with Crippen LogP contribution in [-0.4, -0.2) is 29.3 Å². The highest BCUT2D eigenvalue weighted by atomic mass is 19.4. The Balaban J connectivity index is 2.58. The summed E-state index contributed by atoms with van der Waals surface area (Å²) in [5, 5.41) is 9.38. The van der Waals surface area contributed by atoms with Gasteiger partial charge in [-0.05, 0) is 18.9 Å². The topological polar surface area (TPSA) is 59.4 Å². The first-order valence-corrected chi connectivity index (χ1v) is 5.72. The van der Waals surface area contributed by atoms with Gasteiger partial charge < -0.3 is 9.84 Å². The Morgan fingerprint density at radius 1 is 1.37 bits per heavy atom. The van der Waals surface area contributed by atoms with Crippen LogP contribution in [-0.2, 0) is 21.1 Å². The molecule has 2 rings (SSSR count). The lowest BCUT2D eigenvalue weighted by Gasteiger charge is -2.34. The smallest absolute Gasteiger partial charge is 0.433 e. The molecule has 0 amide bonds. The van der Waals surface area contributed by atoms with Gasteiger partial charge in [0, 0.05) is 25.0 Å². The van der Waals surface area contributed by atoms with E-state index in [-0.39, 0.29) is 31.6 Å². The zero-order valence-electron chi connectivity index (χ0n) is 9.91. The minimum Gasteiger partial charge on any atom is -0.481 e. The third-order valence-electron chi connectivity index (χ3n) is 3.35. The Morgan fingerprint density at radius 2 is 2.00 bits per heavy atom. The number of ether oxygens (including phenoxy) is 1. The van der Waals surface area contributed by atoms with Crippen LogP contribution in [0.5, 0.6) is 0 Å². The Kier molecular flexibility index (Phi) is 3.49. The van der Waals surface area contributed by atoms with Crippen molar-refractivity contribution in [1.82, 2.24) is 4.98 Å². The van der Waals surface area contributed by atoms with Crippen molar-refractivity contribution in [3.63, 3.8) is 0 Å². The van der Waals surface area contributed by atoms with E-state index in [0.717, 1.165) is 6.20 Å². The van der Waals surface area contributed by atoms with Gasteiger partial charge in [-0.2, -0.15) is 13.2 Å². The fourth-order valence-electron chi connectivity index (χ4n) is 2.34. The Bertz CT molecular complexity index is 481. The minimum atomic E-state index is -4.67. The third kappa shape index (κ3) is 2.42. The maximum absolute atomic E-state index is 13.0. The molecule has 1 aromatic rings. The van der Waals surface area contributed by atoms with Crippen molar-refractivity contribution in [2.45, 2.75) is 24.4 Å². The summed E-state index contributed by atoms with van der Waals surface area (Å²) in [5.41, 5.74) is -2.98. The number of hydrogen-bond acceptors (Lipinski definition) is 3. The van der Waals surface area contributed by atoms with Crippen LogP contribution in [0.1, 0.15) is 24.1 Å². The first-order valence-electron chi connectivity index (χ1n) is 5.72. The number of hydrogen-bond donors (Lipinski definition) is 1. The van der Waals surface area contributed by atoms with Crippen molar-refractivity contribution in [2.24, 2.45) is 0 Å². The summed E-state index contributed by atoms with van der Waals surface area (Å²) < 4.78 is 43.9. The second-order valence-corrected chi connectivity index (χ2v) is 4.40. The molecule has 19 heavy (non-hydrogen) atoms. The van der Waals surface area contributed by atoms with Crippen LogP contribution in [0.15, 0.2) is 18.3 Å². The van der Waals surface area contributed by atoms with E-state index in [1.54, 1.807) is 0 Å². The largest absolute Gasteiger partial charge is 0.481 e. The van der Waals surface area contributed by atoms with Gasteiger partial charge in [0.2, 0.25) is 0 Å². The molecule has 0 aromatic carbocycles. The summed E-state index contributed by atoms with van der Waals surface area (Å²) >= 11 is 0. The predicted octanol–water partition coefficient (Wildman–Crippen LogP) is 2.23. The van der Waals surface area contributed by atoms with Crippen LogP contribution >= 0.6 is 0 Å². The zero-order valence-corrected chi connectivity index (χ0v) is 9.91. The Labute approximate surface area is 107 Å². The molecule has 0 unspecified atom stereocenters. The van der Waals surface area contributed by atoms with Crippen molar-refractivity contribution < 1.29 is 27.8 Å². The average molecular weight is 275 g/mol. The zero-order chi connectivity index (χ0) is 14.1. The number of carbonyl (C=O) groups is 1. The molecule has 0 aliphatic carbocycles. The van der Waals surface area contributed by atoms with Gasteiger partial charge >= 0.3 is 12.1 Å². The molecule has 0 spiro atoms. The molecule has 1 aromatic heterocycles. The van der Waals surface area contributed by atoms with E-state index in [4.69, 9.17) is 4.74 Å². The number of nitrogens with zero attached hydrogens (tertiary/aromatic N) is 1. The van der Waals surface area contributed by atoms with E-state index in [9.17, 15) is 23.1 Å². The van der Waals surface area contributed by atoms with Crippen LogP contribution in [0.2, 0.25) is 0 Å². The monoisotopic (exact) mass is 275 g/mol. The predicted molar refractivity (Wildman–Crippen MR) is 58.6 cm³/mol. The van der Waals surface area contributed by atoms with Gasteiger partial charge in [0.25, 0.3) is 0 Å². The van der Waals surface area contributed by atoms with E-state index in [1.165, 1.54) is 12.1 Å². The highest BCUT2D eigenvalue weighted by Crippen LogP contribution is 2.41. The molecule has 4 nitrogen and oxygen atoms in total. The van der Waals surface area contributed by atoms with Crippen LogP contribution in [0.3, 0.4) is 0 Å². The molecule has 0 atom stereocenters. The molecule has 1 fully saturated rings. The summed E-state index contributed by atoms with van der Waals surface area (Å²) in [6.45, 7) is 0.247. The molecule has 1 saturated heterocycles. The maximum atomic E-state index is 13.0. The quantitative estimate of drug-likeness (QED) is 0.899. The van der Waals surface area contributed by atoms with Gasteiger partial charge in [0.05, 0.1) is 5.41 Å². The van der Waals surface area contributed by atoms with Crippen molar-refractivity contribution in [3.8, 4) is 0 Å². The summed E-state index contributed by atoms with van der Waals surface area (Å²) in [7, 11) is 0. The van der Waals surface area contributed by atoms with E-state index in [2.05, 4.69) is 4.98 Å². The van der Waals surface area contributed by atoms with Crippen molar-refractivity contribution in [1.29, 1.82) is 0 Å². The molecule has 7 heteroatoms. The van der Waals surface area contributed by atoms with Crippen molar-refractivity contribution in [3.05, 3.63) is 29.6 Å². The molecule has 104 valence electrons. The molecular formula is C12H12F3NO3. The highest BCUT2D eigenvalue weighted by Gasteiger charge is 2.48. The fourth-order valence-corrected chi connectivity index (χ4v) is 2.34. The molecule has 1 aliphatic heterocycles. The number of carboxylic acid groups (broad SMARTS) is 1. The molecular weight excluding hydrogens is 263 g/mol. The number of rotatable bonds is 2. The van der Waals surface area contributed by atoms with Crippen LogP contribution in [0, 0.1) is 0 Å². The number of halogens is 3. The molecule has 0 saturated carbocycles. The molecule has 1 N–H and O–H groups in total. The van der Waals surface area contributed by atoms with E-state index >= 15 is 0 Å². The van der Waals surface area contributed by atoms with Crippen LogP contribution < -0.4 is 0 Å². The third-order valence-corrected chi connectivity index (χ3v) is 3.35. The number of pyridine rings is 1. The SMILES string of the molecule is O=C(O)C1(c2cccnc2C(F)(F)F)CCOCC1. The molecule has 0 radical (unpaired) electrons. The number of aliphatic carboxylic acids is 1. The first kappa shape index (κ1) is 13.8. The van der Waals surface area contributed by atoms with Gasteiger partial charge in [0.15, 0.2) is 0 Å². The number of aromatic nitrogens is 1. The Morgan fingerprint density at radius 3 is 2.53 bits per heavy atom. The first-order chi connectivity index (χ1) is 8.88. The highest BCUT2D eigenvalue weighted by molar-refractivity contribution is 5.82. The van der Waals surface area contributed by atoms with E-state index in [0.29, 0.717) is 0 Å². The fraction of sp³-hybridized carbons (Fsp3) is 0.500. The van der Waals surface area contributed by atoms with Crippen molar-refractivity contribution >= 4 is 5.97 Å². The van der Waals surface area contributed by atoms with Gasteiger partial charge in [-0.15, -0.1) is 0 Å². The number of carboxylic acids is 1. The van der Waals surface area contributed by atoms with E-state index < -0.39 is 23.3 Å². The van der Waals surface area contributed by atoms with Gasteiger partial charge in [0.1, 0.15) is 5.69 Å². The lowest BCUT2D eigenvalue weighted by atomic mass is 9.73. The maximum Gasteiger partial charge on any atom is 0.433 e. The molecule has 1 aliphatic rings. The second kappa shape index (κ2) is 4.80. The summed E-state index contributed by atoms with van der Waals surface area (Å²) in [6.07, 6.45) is -3.63. The minimum absolute atomic E-state index is 0.0110. The lowest BCUT2D eigenvalue weighted by molar-refractivity contribution is -0.151. The van der Waals surface area contributed by atoms with Crippen molar-refractivity contribution in [2.75, 3.05) is 13.2 Å². The summed E-state index contributed by atoms with van der Waals surface area (Å²) in [6, 6.07) is 2.51. The summed E-state index contributed by atoms with van der Waals surface area (Å²) in [4.78, 5) is 14.8. The van der Waals surface area contributed by atoms with Crippen LogP contribution in [0.4, 0.5) is 13.2 Å². The van der Waals surface area contributed by atoms with Gasteiger partial charge in [-0.3, -0.25) is 9.78 Å². The van der Waals surface area contributed by atoms with Gasteiger partial charge in [-0.1, -0.05) is 6.07 Å². The molecule has 2 heterocycles. The summed E-state index contributed by atoms with van der Waals surface area (Å²) in [5.74, 6) is -1.27.